The molecule has 0 radical (unpaired) electrons. The van der Waals surface area contributed by atoms with Crippen LogP contribution < -0.4 is 26.9 Å². The largest absolute Gasteiger partial charge is 0.484 e. The zero-order valence-corrected chi connectivity index (χ0v) is 13.1. The fourth-order valence-electron chi connectivity index (χ4n) is 2.03. The van der Waals surface area contributed by atoms with Gasteiger partial charge in [0.1, 0.15) is 23.1 Å². The maximum Gasteiger partial charge on any atom is 0.350 e. The van der Waals surface area contributed by atoms with E-state index in [4.69, 9.17) is 16.4 Å². The van der Waals surface area contributed by atoms with Crippen molar-refractivity contribution in [1.29, 1.82) is 0 Å². The maximum atomic E-state index is 11.7. The fourth-order valence-corrected chi connectivity index (χ4v) is 2.56. The number of rotatable bonds is 6. The standard InChI is InChI=1S/C14H19N5O2S/c1-2-4-10-5-3-6-11(19(16)14(20)18-15)13(10)21-9-12-17-7-8-22-12/h3,5-8H,2,4,9,15-16H2,1H3,(H,18,20). The van der Waals surface area contributed by atoms with Gasteiger partial charge in [-0.3, -0.25) is 5.43 Å². The summed E-state index contributed by atoms with van der Waals surface area (Å²) >= 11 is 1.51. The average molecular weight is 321 g/mol. The SMILES string of the molecule is CCCc1cccc(N(N)C(=O)NN)c1OCc1nccs1. The fraction of sp³-hybridized carbons (Fsp3) is 0.286. The first-order valence-corrected chi connectivity index (χ1v) is 7.73. The van der Waals surface area contributed by atoms with Crippen molar-refractivity contribution in [3.05, 3.63) is 40.3 Å². The third-order valence-electron chi connectivity index (χ3n) is 3.02. The number of aryl methyl sites for hydroxylation is 1. The van der Waals surface area contributed by atoms with E-state index in [2.05, 4.69) is 11.9 Å². The predicted molar refractivity (Wildman–Crippen MR) is 86.3 cm³/mol. The summed E-state index contributed by atoms with van der Waals surface area (Å²) in [4.78, 5) is 15.8. The molecule has 1 aromatic heterocycles. The first-order valence-electron chi connectivity index (χ1n) is 6.85. The van der Waals surface area contributed by atoms with E-state index < -0.39 is 6.03 Å². The summed E-state index contributed by atoms with van der Waals surface area (Å²) < 4.78 is 5.89. The molecule has 8 heteroatoms. The molecule has 0 bridgehead atoms. The van der Waals surface area contributed by atoms with E-state index in [-0.39, 0.29) is 0 Å². The first kappa shape index (κ1) is 16.2. The van der Waals surface area contributed by atoms with Crippen LogP contribution in [-0.2, 0) is 13.0 Å². The molecule has 7 nitrogen and oxygen atoms in total. The van der Waals surface area contributed by atoms with E-state index >= 15 is 0 Å². The molecule has 0 unspecified atom stereocenters. The molecule has 0 spiro atoms. The Labute approximate surface area is 132 Å². The van der Waals surface area contributed by atoms with Crippen molar-refractivity contribution in [2.45, 2.75) is 26.4 Å². The summed E-state index contributed by atoms with van der Waals surface area (Å²) in [6.45, 7) is 2.40. The molecule has 0 aliphatic rings. The molecule has 2 rings (SSSR count). The average Bonchev–Trinajstić information content (AvgIpc) is 3.05. The summed E-state index contributed by atoms with van der Waals surface area (Å²) in [6.07, 6.45) is 3.49. The summed E-state index contributed by atoms with van der Waals surface area (Å²) in [6, 6.07) is 4.89. The minimum atomic E-state index is -0.618. The number of hydrogen-bond acceptors (Lipinski definition) is 6. The van der Waals surface area contributed by atoms with Crippen LogP contribution in [0.3, 0.4) is 0 Å². The Kier molecular flexibility index (Phi) is 5.70. The molecule has 2 aromatic rings. The Morgan fingerprint density at radius 1 is 1.50 bits per heavy atom. The minimum absolute atomic E-state index is 0.323. The lowest BCUT2D eigenvalue weighted by molar-refractivity contribution is 0.246. The number of para-hydroxylation sites is 1. The van der Waals surface area contributed by atoms with Gasteiger partial charge in [0.25, 0.3) is 0 Å². The molecule has 0 atom stereocenters. The van der Waals surface area contributed by atoms with Gasteiger partial charge in [-0.1, -0.05) is 25.5 Å². The lowest BCUT2D eigenvalue weighted by Gasteiger charge is -2.21. The summed E-state index contributed by atoms with van der Waals surface area (Å²) in [5, 5.41) is 3.68. The van der Waals surface area contributed by atoms with Crippen LogP contribution in [0, 0.1) is 0 Å². The van der Waals surface area contributed by atoms with Crippen LogP contribution in [0.15, 0.2) is 29.8 Å². The first-order chi connectivity index (χ1) is 10.7. The maximum absolute atomic E-state index is 11.7. The van der Waals surface area contributed by atoms with Crippen molar-refractivity contribution in [2.24, 2.45) is 11.7 Å². The molecule has 22 heavy (non-hydrogen) atoms. The van der Waals surface area contributed by atoms with Gasteiger partial charge in [-0.05, 0) is 18.1 Å². The van der Waals surface area contributed by atoms with Crippen LogP contribution in [0.1, 0.15) is 23.9 Å². The molecular formula is C14H19N5O2S. The molecule has 1 heterocycles. The zero-order chi connectivity index (χ0) is 15.9. The second kappa shape index (κ2) is 7.74. The highest BCUT2D eigenvalue weighted by atomic mass is 32.1. The number of hydrogen-bond donors (Lipinski definition) is 3. The monoisotopic (exact) mass is 321 g/mol. The van der Waals surface area contributed by atoms with Gasteiger partial charge in [0.2, 0.25) is 0 Å². The zero-order valence-electron chi connectivity index (χ0n) is 12.3. The van der Waals surface area contributed by atoms with Crippen LogP contribution in [0.25, 0.3) is 0 Å². The van der Waals surface area contributed by atoms with Gasteiger partial charge in [-0.2, -0.15) is 0 Å². The van der Waals surface area contributed by atoms with Crippen LogP contribution >= 0.6 is 11.3 Å². The van der Waals surface area contributed by atoms with E-state index in [1.807, 2.05) is 22.9 Å². The van der Waals surface area contributed by atoms with Crippen molar-refractivity contribution in [1.82, 2.24) is 10.4 Å². The molecule has 0 fully saturated rings. The summed E-state index contributed by atoms with van der Waals surface area (Å²) in [7, 11) is 0. The number of carbonyl (C=O) groups excluding carboxylic acids is 1. The van der Waals surface area contributed by atoms with Crippen LogP contribution in [0.2, 0.25) is 0 Å². The van der Waals surface area contributed by atoms with Gasteiger partial charge in [0.15, 0.2) is 0 Å². The number of anilines is 1. The second-order valence-corrected chi connectivity index (χ2v) is 5.53. The van der Waals surface area contributed by atoms with Crippen molar-refractivity contribution < 1.29 is 9.53 Å². The predicted octanol–water partition coefficient (Wildman–Crippen LogP) is 1.94. The minimum Gasteiger partial charge on any atom is -0.484 e. The number of aromatic nitrogens is 1. The Hall–Kier alpha value is -2.16. The number of hydrazine groups is 2. The Morgan fingerprint density at radius 2 is 2.32 bits per heavy atom. The van der Waals surface area contributed by atoms with Crippen LogP contribution in [0.4, 0.5) is 10.5 Å². The number of thiazole rings is 1. The number of urea groups is 1. The third-order valence-corrected chi connectivity index (χ3v) is 3.77. The molecule has 2 amide bonds. The van der Waals surface area contributed by atoms with Crippen molar-refractivity contribution in [3.8, 4) is 5.75 Å². The molecule has 118 valence electrons. The highest BCUT2D eigenvalue weighted by Crippen LogP contribution is 2.32. The van der Waals surface area contributed by atoms with Crippen molar-refractivity contribution in [2.75, 3.05) is 5.01 Å². The molecule has 0 aliphatic heterocycles. The van der Waals surface area contributed by atoms with Gasteiger partial charge in [-0.25, -0.2) is 26.5 Å². The molecule has 0 saturated carbocycles. The van der Waals surface area contributed by atoms with Crippen molar-refractivity contribution >= 4 is 23.1 Å². The Balaban J connectivity index is 2.31. The molecule has 5 N–H and O–H groups in total. The van der Waals surface area contributed by atoms with Gasteiger partial charge in [0.05, 0.1) is 0 Å². The molecule has 1 aromatic carbocycles. The number of amides is 2. The highest BCUT2D eigenvalue weighted by molar-refractivity contribution is 7.09. The Morgan fingerprint density at radius 3 is 2.95 bits per heavy atom. The smallest absolute Gasteiger partial charge is 0.350 e. The van der Waals surface area contributed by atoms with E-state index in [0.29, 0.717) is 18.0 Å². The van der Waals surface area contributed by atoms with Gasteiger partial charge >= 0.3 is 6.03 Å². The lowest BCUT2D eigenvalue weighted by atomic mass is 10.1. The van der Waals surface area contributed by atoms with E-state index in [0.717, 1.165) is 28.4 Å². The number of nitrogens with two attached hydrogens (primary N) is 2. The summed E-state index contributed by atoms with van der Waals surface area (Å²) in [5.41, 5.74) is 3.45. The third kappa shape index (κ3) is 3.73. The number of carbonyl (C=O) groups is 1. The number of benzene rings is 1. The number of nitrogens with one attached hydrogen (secondary N) is 1. The molecule has 0 aliphatic carbocycles. The van der Waals surface area contributed by atoms with Crippen LogP contribution in [0.5, 0.6) is 5.75 Å². The van der Waals surface area contributed by atoms with Gasteiger partial charge in [-0.15, -0.1) is 11.3 Å². The van der Waals surface area contributed by atoms with Gasteiger partial charge in [0, 0.05) is 11.6 Å². The van der Waals surface area contributed by atoms with Crippen molar-refractivity contribution in [3.63, 3.8) is 0 Å². The van der Waals surface area contributed by atoms with Gasteiger partial charge < -0.3 is 4.74 Å². The summed E-state index contributed by atoms with van der Waals surface area (Å²) in [5.74, 6) is 11.5. The quantitative estimate of drug-likeness (QED) is 0.428. The molecular weight excluding hydrogens is 302 g/mol. The van der Waals surface area contributed by atoms with Crippen LogP contribution in [-0.4, -0.2) is 11.0 Å². The topological polar surface area (TPSA) is 106 Å². The second-order valence-electron chi connectivity index (χ2n) is 4.55. The number of nitrogens with zero attached hydrogens (tertiary/aromatic N) is 2. The lowest BCUT2D eigenvalue weighted by Crippen LogP contribution is -2.47. The number of ether oxygens (including phenoxy) is 1. The normalized spacial score (nSPS) is 10.3. The Bertz CT molecular complexity index is 618. The molecule has 0 saturated heterocycles. The van der Waals surface area contributed by atoms with E-state index in [1.165, 1.54) is 11.3 Å². The highest BCUT2D eigenvalue weighted by Gasteiger charge is 2.18. The van der Waals surface area contributed by atoms with E-state index in [1.54, 1.807) is 12.3 Å². The van der Waals surface area contributed by atoms with E-state index in [9.17, 15) is 4.79 Å².